The summed E-state index contributed by atoms with van der Waals surface area (Å²) in [6.07, 6.45) is 5.71. The molecular weight excluding hydrogens is 172 g/mol. The number of rotatable bonds is 5. The monoisotopic (exact) mass is 194 g/mol. The lowest BCUT2D eigenvalue weighted by atomic mass is 10.1. The summed E-state index contributed by atoms with van der Waals surface area (Å²) in [7, 11) is 0. The minimum atomic E-state index is 0.540. The molecule has 80 valence electrons. The van der Waals surface area contributed by atoms with Crippen LogP contribution in [0.5, 0.6) is 0 Å². The normalized spacial score (nSPS) is 15.4. The molecule has 0 amide bonds. The zero-order valence-electron chi connectivity index (χ0n) is 9.83. The Morgan fingerprint density at radius 2 is 2.07 bits per heavy atom. The van der Waals surface area contributed by atoms with E-state index in [0.717, 1.165) is 0 Å². The topological polar surface area (TPSA) is 17.8 Å². The van der Waals surface area contributed by atoms with E-state index in [1.54, 1.807) is 0 Å². The van der Waals surface area contributed by atoms with E-state index in [2.05, 4.69) is 49.7 Å². The first-order valence-corrected chi connectivity index (χ1v) is 5.74. The van der Waals surface area contributed by atoms with Crippen LogP contribution in [0.3, 0.4) is 0 Å². The summed E-state index contributed by atoms with van der Waals surface area (Å²) in [6.45, 7) is 8.89. The molecule has 1 aromatic rings. The average Bonchev–Trinajstić information content (AvgIpc) is 2.66. The third-order valence-corrected chi connectivity index (χ3v) is 2.90. The predicted molar refractivity (Wildman–Crippen MR) is 60.6 cm³/mol. The van der Waals surface area contributed by atoms with E-state index in [0.29, 0.717) is 12.0 Å². The Morgan fingerprint density at radius 1 is 1.36 bits per heavy atom. The number of aromatic nitrogens is 2. The van der Waals surface area contributed by atoms with Crippen LogP contribution in [0.15, 0.2) is 12.3 Å². The van der Waals surface area contributed by atoms with Gasteiger partial charge in [-0.3, -0.25) is 4.68 Å². The first-order valence-electron chi connectivity index (χ1n) is 5.74. The van der Waals surface area contributed by atoms with Crippen molar-refractivity contribution in [3.63, 3.8) is 0 Å². The Labute approximate surface area is 87.3 Å². The van der Waals surface area contributed by atoms with E-state index in [1.807, 2.05) is 0 Å². The van der Waals surface area contributed by atoms with Crippen molar-refractivity contribution >= 4 is 0 Å². The van der Waals surface area contributed by atoms with E-state index < -0.39 is 0 Å². The lowest BCUT2D eigenvalue weighted by molar-refractivity contribution is 0.448. The maximum Gasteiger partial charge on any atom is 0.0652 e. The molecule has 1 rings (SSSR count). The van der Waals surface area contributed by atoms with Crippen molar-refractivity contribution in [2.45, 2.75) is 58.9 Å². The Morgan fingerprint density at radius 3 is 2.64 bits per heavy atom. The van der Waals surface area contributed by atoms with Crippen LogP contribution in [0.1, 0.15) is 64.6 Å². The van der Waals surface area contributed by atoms with Gasteiger partial charge in [-0.15, -0.1) is 0 Å². The SMILES string of the molecule is CCCC(C)n1ccc(C(C)CC)n1. The Balaban J connectivity index is 2.67. The summed E-state index contributed by atoms with van der Waals surface area (Å²) in [5.74, 6) is 0.588. The van der Waals surface area contributed by atoms with Gasteiger partial charge in [0.2, 0.25) is 0 Å². The molecule has 2 nitrogen and oxygen atoms in total. The van der Waals surface area contributed by atoms with E-state index in [1.165, 1.54) is 25.0 Å². The fraction of sp³-hybridized carbons (Fsp3) is 0.750. The second-order valence-corrected chi connectivity index (χ2v) is 4.17. The summed E-state index contributed by atoms with van der Waals surface area (Å²) in [6, 6.07) is 2.69. The minimum Gasteiger partial charge on any atom is -0.270 e. The van der Waals surface area contributed by atoms with Crippen LogP contribution >= 0.6 is 0 Å². The molecule has 0 saturated heterocycles. The molecule has 0 aliphatic rings. The molecule has 0 aliphatic carbocycles. The van der Waals surface area contributed by atoms with Gasteiger partial charge < -0.3 is 0 Å². The van der Waals surface area contributed by atoms with E-state index >= 15 is 0 Å². The van der Waals surface area contributed by atoms with Gasteiger partial charge >= 0.3 is 0 Å². The molecule has 2 atom stereocenters. The Hall–Kier alpha value is -0.790. The zero-order chi connectivity index (χ0) is 10.6. The lowest BCUT2D eigenvalue weighted by Gasteiger charge is -2.10. The molecule has 1 heterocycles. The predicted octanol–water partition coefficient (Wildman–Crippen LogP) is 3.76. The van der Waals surface area contributed by atoms with E-state index in [4.69, 9.17) is 0 Å². The van der Waals surface area contributed by atoms with Gasteiger partial charge in [0.15, 0.2) is 0 Å². The highest BCUT2D eigenvalue weighted by molar-refractivity contribution is 5.05. The van der Waals surface area contributed by atoms with Crippen LogP contribution in [0, 0.1) is 0 Å². The van der Waals surface area contributed by atoms with Crippen molar-refractivity contribution in [1.82, 2.24) is 9.78 Å². The van der Waals surface area contributed by atoms with Gasteiger partial charge in [0, 0.05) is 12.2 Å². The molecule has 0 spiro atoms. The fourth-order valence-corrected chi connectivity index (χ4v) is 1.62. The second kappa shape index (κ2) is 5.18. The maximum atomic E-state index is 4.62. The first kappa shape index (κ1) is 11.3. The molecule has 14 heavy (non-hydrogen) atoms. The van der Waals surface area contributed by atoms with Gasteiger partial charge in [-0.1, -0.05) is 27.2 Å². The molecule has 1 aromatic heterocycles. The number of nitrogens with zero attached hydrogens (tertiary/aromatic N) is 2. The average molecular weight is 194 g/mol. The van der Waals surface area contributed by atoms with Crippen molar-refractivity contribution in [2.24, 2.45) is 0 Å². The van der Waals surface area contributed by atoms with Gasteiger partial charge in [0.1, 0.15) is 0 Å². The number of hydrogen-bond acceptors (Lipinski definition) is 1. The summed E-state index contributed by atoms with van der Waals surface area (Å²) in [5, 5.41) is 4.62. The van der Waals surface area contributed by atoms with Crippen LogP contribution in [0.2, 0.25) is 0 Å². The van der Waals surface area contributed by atoms with Crippen molar-refractivity contribution in [3.05, 3.63) is 18.0 Å². The Bertz CT molecular complexity index is 265. The minimum absolute atomic E-state index is 0.540. The quantitative estimate of drug-likeness (QED) is 0.698. The molecule has 0 aromatic carbocycles. The van der Waals surface area contributed by atoms with Crippen molar-refractivity contribution in [1.29, 1.82) is 0 Å². The summed E-state index contributed by atoms with van der Waals surface area (Å²) in [5.41, 5.74) is 1.23. The highest BCUT2D eigenvalue weighted by atomic mass is 15.3. The molecule has 2 heteroatoms. The van der Waals surface area contributed by atoms with Crippen LogP contribution in [-0.2, 0) is 0 Å². The lowest BCUT2D eigenvalue weighted by Crippen LogP contribution is -2.06. The van der Waals surface area contributed by atoms with E-state index in [-0.39, 0.29) is 0 Å². The highest BCUT2D eigenvalue weighted by Crippen LogP contribution is 2.18. The van der Waals surface area contributed by atoms with Crippen LogP contribution < -0.4 is 0 Å². The third-order valence-electron chi connectivity index (χ3n) is 2.90. The summed E-state index contributed by atoms with van der Waals surface area (Å²) >= 11 is 0. The Kier molecular flexibility index (Phi) is 4.18. The summed E-state index contributed by atoms with van der Waals surface area (Å²) < 4.78 is 2.10. The molecule has 0 radical (unpaired) electrons. The zero-order valence-corrected chi connectivity index (χ0v) is 9.83. The largest absolute Gasteiger partial charge is 0.270 e. The second-order valence-electron chi connectivity index (χ2n) is 4.17. The van der Waals surface area contributed by atoms with Gasteiger partial charge in [-0.05, 0) is 31.7 Å². The van der Waals surface area contributed by atoms with Gasteiger partial charge in [-0.2, -0.15) is 5.10 Å². The fourth-order valence-electron chi connectivity index (χ4n) is 1.62. The molecule has 0 fully saturated rings. The molecule has 2 unspecified atom stereocenters. The van der Waals surface area contributed by atoms with Crippen LogP contribution in [0.4, 0.5) is 0 Å². The molecule has 0 N–H and O–H groups in total. The first-order chi connectivity index (χ1) is 6.69. The van der Waals surface area contributed by atoms with Gasteiger partial charge in [0.25, 0.3) is 0 Å². The molecule has 0 aliphatic heterocycles. The third kappa shape index (κ3) is 2.60. The number of hydrogen-bond donors (Lipinski definition) is 0. The molecule has 0 saturated carbocycles. The highest BCUT2D eigenvalue weighted by Gasteiger charge is 2.09. The van der Waals surface area contributed by atoms with Crippen LogP contribution in [-0.4, -0.2) is 9.78 Å². The molecule has 0 bridgehead atoms. The van der Waals surface area contributed by atoms with Crippen molar-refractivity contribution in [2.75, 3.05) is 0 Å². The van der Waals surface area contributed by atoms with Crippen LogP contribution in [0.25, 0.3) is 0 Å². The maximum absolute atomic E-state index is 4.62. The molecular formula is C12H22N2. The van der Waals surface area contributed by atoms with Crippen molar-refractivity contribution < 1.29 is 0 Å². The summed E-state index contributed by atoms with van der Waals surface area (Å²) in [4.78, 5) is 0. The van der Waals surface area contributed by atoms with Crippen molar-refractivity contribution in [3.8, 4) is 0 Å². The van der Waals surface area contributed by atoms with Gasteiger partial charge in [0.05, 0.1) is 5.69 Å². The van der Waals surface area contributed by atoms with Gasteiger partial charge in [-0.25, -0.2) is 0 Å². The smallest absolute Gasteiger partial charge is 0.0652 e. The standard InChI is InChI=1S/C12H22N2/c1-5-7-11(4)14-9-8-12(13-14)10(3)6-2/h8-11H,5-7H2,1-4H3. The van der Waals surface area contributed by atoms with E-state index in [9.17, 15) is 0 Å².